The van der Waals surface area contributed by atoms with Gasteiger partial charge in [0.2, 0.25) is 5.91 Å². The second-order valence-electron chi connectivity index (χ2n) is 5.28. The highest BCUT2D eigenvalue weighted by Crippen LogP contribution is 2.38. The fourth-order valence-electron chi connectivity index (χ4n) is 3.13. The van der Waals surface area contributed by atoms with E-state index in [2.05, 4.69) is 13.0 Å². The molecule has 0 aromatic heterocycles. The van der Waals surface area contributed by atoms with Crippen LogP contribution in [0.4, 0.5) is 0 Å². The summed E-state index contributed by atoms with van der Waals surface area (Å²) in [5, 5.41) is 0. The first-order valence-corrected chi connectivity index (χ1v) is 6.91. The minimum atomic E-state index is -0.344. The van der Waals surface area contributed by atoms with E-state index in [-0.39, 0.29) is 5.91 Å². The number of hydrogen-bond donors (Lipinski definition) is 1. The predicted molar refractivity (Wildman–Crippen MR) is 74.2 cm³/mol. The van der Waals surface area contributed by atoms with Crippen molar-refractivity contribution in [2.75, 3.05) is 0 Å². The normalized spacial score (nSPS) is 18.5. The Hall–Kier alpha value is -1.31. The van der Waals surface area contributed by atoms with Crippen LogP contribution in [-0.2, 0) is 0 Å². The number of carbonyl (C=O) groups is 1. The second-order valence-corrected chi connectivity index (χ2v) is 5.28. The van der Waals surface area contributed by atoms with Crippen molar-refractivity contribution in [2.45, 2.75) is 44.4 Å². The Morgan fingerprint density at radius 3 is 2.67 bits per heavy atom. The lowest BCUT2D eigenvalue weighted by atomic mass is 9.75. The van der Waals surface area contributed by atoms with Crippen LogP contribution in [0, 0.1) is 12.8 Å². The molecule has 0 aliphatic heterocycles. The van der Waals surface area contributed by atoms with Crippen LogP contribution < -0.4 is 5.73 Å². The van der Waals surface area contributed by atoms with Gasteiger partial charge in [-0.05, 0) is 48.8 Å². The number of carbonyl (C=O) groups excluding carboxylic acids is 1. The average molecular weight is 244 g/mol. The topological polar surface area (TPSA) is 43.1 Å². The Labute approximate surface area is 110 Å². The zero-order chi connectivity index (χ0) is 13.0. The largest absolute Gasteiger partial charge is 0.366 e. The molecule has 1 aliphatic carbocycles. The van der Waals surface area contributed by atoms with E-state index in [1.165, 1.54) is 37.7 Å². The summed E-state index contributed by atoms with van der Waals surface area (Å²) in [5.41, 5.74) is 7.19. The van der Waals surface area contributed by atoms with Gasteiger partial charge in [0.15, 0.2) is 0 Å². The van der Waals surface area contributed by atoms with Gasteiger partial charge < -0.3 is 5.73 Å². The van der Waals surface area contributed by atoms with Gasteiger partial charge in [-0.2, -0.15) is 0 Å². The third kappa shape index (κ3) is 2.92. The maximum absolute atomic E-state index is 11.2. The van der Waals surface area contributed by atoms with Crippen LogP contribution >= 0.6 is 0 Å². The fourth-order valence-corrected chi connectivity index (χ4v) is 3.13. The summed E-state index contributed by atoms with van der Waals surface area (Å²) in [6.45, 7) is 4.10. The standard InChI is InChI=1S/C16H22NO/c1-2-15(12-7-4-3-5-8-12)13-9-6-10-14(11-13)16(17)18/h6,9-12,15H,1-5,7-8H2,(H2,17,18). The van der Waals surface area contributed by atoms with Gasteiger partial charge in [-0.1, -0.05) is 38.3 Å². The molecular formula is C16H22NO. The van der Waals surface area contributed by atoms with E-state index in [1.54, 1.807) is 6.07 Å². The minimum Gasteiger partial charge on any atom is -0.366 e. The Bertz CT molecular complexity index is 407. The molecule has 1 aromatic carbocycles. The van der Waals surface area contributed by atoms with Gasteiger partial charge in [0.25, 0.3) is 0 Å². The molecule has 0 saturated heterocycles. The van der Waals surface area contributed by atoms with Crippen molar-refractivity contribution in [3.63, 3.8) is 0 Å². The fraction of sp³-hybridized carbons (Fsp3) is 0.500. The lowest BCUT2D eigenvalue weighted by Crippen LogP contribution is -2.17. The van der Waals surface area contributed by atoms with E-state index < -0.39 is 0 Å². The van der Waals surface area contributed by atoms with Crippen molar-refractivity contribution in [3.8, 4) is 0 Å². The molecule has 1 amide bonds. The van der Waals surface area contributed by atoms with Crippen molar-refractivity contribution in [3.05, 3.63) is 42.3 Å². The third-order valence-corrected chi connectivity index (χ3v) is 4.13. The number of rotatable bonds is 4. The first-order chi connectivity index (χ1) is 8.72. The molecule has 2 nitrogen and oxygen atoms in total. The molecule has 1 aromatic rings. The molecule has 1 saturated carbocycles. The minimum absolute atomic E-state index is 0.344. The highest BCUT2D eigenvalue weighted by molar-refractivity contribution is 5.92. The third-order valence-electron chi connectivity index (χ3n) is 4.13. The molecule has 0 bridgehead atoms. The van der Waals surface area contributed by atoms with Crippen LogP contribution in [0.1, 0.15) is 60.4 Å². The second kappa shape index (κ2) is 6.03. The number of primary amides is 1. The SMILES string of the molecule is [CH2]CC(c1cccc(C(N)=O)c1)C1CCCCC1. The Morgan fingerprint density at radius 1 is 1.33 bits per heavy atom. The van der Waals surface area contributed by atoms with E-state index in [0.29, 0.717) is 11.5 Å². The van der Waals surface area contributed by atoms with E-state index in [0.717, 1.165) is 12.3 Å². The Balaban J connectivity index is 2.20. The first kappa shape index (κ1) is 13.1. The van der Waals surface area contributed by atoms with Crippen molar-refractivity contribution in [2.24, 2.45) is 11.7 Å². The van der Waals surface area contributed by atoms with E-state index in [9.17, 15) is 4.79 Å². The maximum Gasteiger partial charge on any atom is 0.248 e. The summed E-state index contributed by atoms with van der Waals surface area (Å²) < 4.78 is 0. The monoisotopic (exact) mass is 244 g/mol. The van der Waals surface area contributed by atoms with Gasteiger partial charge in [0.05, 0.1) is 0 Å². The number of hydrogen-bond acceptors (Lipinski definition) is 1. The quantitative estimate of drug-likeness (QED) is 0.862. The van der Waals surface area contributed by atoms with Crippen LogP contribution in [0.2, 0.25) is 0 Å². The number of benzene rings is 1. The van der Waals surface area contributed by atoms with Crippen molar-refractivity contribution in [1.29, 1.82) is 0 Å². The molecule has 2 heteroatoms. The average Bonchev–Trinajstić information content (AvgIpc) is 2.41. The zero-order valence-electron chi connectivity index (χ0n) is 10.9. The molecule has 1 aliphatic rings. The maximum atomic E-state index is 11.2. The Kier molecular flexibility index (Phi) is 4.40. The summed E-state index contributed by atoms with van der Waals surface area (Å²) in [4.78, 5) is 11.2. The zero-order valence-corrected chi connectivity index (χ0v) is 10.9. The summed E-state index contributed by atoms with van der Waals surface area (Å²) in [6.07, 6.45) is 7.50. The molecule has 18 heavy (non-hydrogen) atoms. The van der Waals surface area contributed by atoms with Gasteiger partial charge in [0.1, 0.15) is 0 Å². The lowest BCUT2D eigenvalue weighted by molar-refractivity contribution is 0.1000. The molecule has 1 fully saturated rings. The van der Waals surface area contributed by atoms with Gasteiger partial charge in [-0.25, -0.2) is 0 Å². The van der Waals surface area contributed by atoms with Gasteiger partial charge in [-0.3, -0.25) is 4.79 Å². The smallest absolute Gasteiger partial charge is 0.248 e. The molecule has 97 valence electrons. The summed E-state index contributed by atoms with van der Waals surface area (Å²) in [6, 6.07) is 7.78. The number of amides is 1. The van der Waals surface area contributed by atoms with Crippen LogP contribution in [-0.4, -0.2) is 5.91 Å². The van der Waals surface area contributed by atoms with E-state index in [4.69, 9.17) is 5.73 Å². The summed E-state index contributed by atoms with van der Waals surface area (Å²) >= 11 is 0. The van der Waals surface area contributed by atoms with E-state index in [1.807, 2.05) is 12.1 Å². The molecule has 1 radical (unpaired) electrons. The highest BCUT2D eigenvalue weighted by Gasteiger charge is 2.23. The van der Waals surface area contributed by atoms with Crippen LogP contribution in [0.3, 0.4) is 0 Å². The molecule has 0 spiro atoms. The predicted octanol–water partition coefficient (Wildman–Crippen LogP) is 3.67. The molecule has 1 unspecified atom stereocenters. The van der Waals surface area contributed by atoms with Crippen molar-refractivity contribution >= 4 is 5.91 Å². The van der Waals surface area contributed by atoms with Crippen LogP contribution in [0.5, 0.6) is 0 Å². The Morgan fingerprint density at radius 2 is 2.06 bits per heavy atom. The molecule has 2 rings (SSSR count). The van der Waals surface area contributed by atoms with Crippen LogP contribution in [0.15, 0.2) is 24.3 Å². The lowest BCUT2D eigenvalue weighted by Gasteiger charge is -2.30. The molecule has 1 atom stereocenters. The summed E-state index contributed by atoms with van der Waals surface area (Å²) in [5.74, 6) is 0.854. The van der Waals surface area contributed by atoms with E-state index >= 15 is 0 Å². The molecular weight excluding hydrogens is 222 g/mol. The number of nitrogens with two attached hydrogens (primary N) is 1. The molecule has 0 heterocycles. The van der Waals surface area contributed by atoms with Crippen molar-refractivity contribution < 1.29 is 4.79 Å². The van der Waals surface area contributed by atoms with Gasteiger partial charge >= 0.3 is 0 Å². The van der Waals surface area contributed by atoms with Crippen molar-refractivity contribution in [1.82, 2.24) is 0 Å². The first-order valence-electron chi connectivity index (χ1n) is 6.91. The van der Waals surface area contributed by atoms with Crippen LogP contribution in [0.25, 0.3) is 0 Å². The highest BCUT2D eigenvalue weighted by atomic mass is 16.1. The summed E-state index contributed by atoms with van der Waals surface area (Å²) in [7, 11) is 0. The molecule has 2 N–H and O–H groups in total. The van der Waals surface area contributed by atoms with Gasteiger partial charge in [-0.15, -0.1) is 0 Å². The van der Waals surface area contributed by atoms with Gasteiger partial charge in [0, 0.05) is 5.56 Å².